The van der Waals surface area contributed by atoms with E-state index >= 15 is 0 Å². The number of anilines is 1. The van der Waals surface area contributed by atoms with Crippen molar-refractivity contribution in [3.05, 3.63) is 29.3 Å². The summed E-state index contributed by atoms with van der Waals surface area (Å²) in [7, 11) is 0. The second-order valence-electron chi connectivity index (χ2n) is 4.54. The lowest BCUT2D eigenvalue weighted by atomic mass is 10.00. The van der Waals surface area contributed by atoms with Crippen LogP contribution in [0.4, 0.5) is 18.9 Å². The third kappa shape index (κ3) is 4.34. The van der Waals surface area contributed by atoms with Gasteiger partial charge < -0.3 is 11.1 Å². The summed E-state index contributed by atoms with van der Waals surface area (Å²) in [5.74, 6) is -1.02. The molecule has 0 bridgehead atoms. The molecule has 20 heavy (non-hydrogen) atoms. The van der Waals surface area contributed by atoms with E-state index in [2.05, 4.69) is 5.32 Å². The van der Waals surface area contributed by atoms with Gasteiger partial charge >= 0.3 is 6.18 Å². The van der Waals surface area contributed by atoms with Crippen LogP contribution in [0.3, 0.4) is 0 Å². The molecule has 0 saturated heterocycles. The van der Waals surface area contributed by atoms with E-state index in [1.54, 1.807) is 6.92 Å². The molecule has 0 saturated carbocycles. The molecular weight excluding hydrogens is 273 g/mol. The number of nitrogens with one attached hydrogen (secondary N) is 1. The van der Waals surface area contributed by atoms with E-state index in [1.165, 1.54) is 6.92 Å². The van der Waals surface area contributed by atoms with E-state index < -0.39 is 29.5 Å². The highest BCUT2D eigenvalue weighted by atomic mass is 19.4. The van der Waals surface area contributed by atoms with E-state index in [0.29, 0.717) is 0 Å². The van der Waals surface area contributed by atoms with E-state index in [4.69, 9.17) is 5.73 Å². The number of benzene rings is 1. The molecule has 3 N–H and O–H groups in total. The number of hydrogen-bond donors (Lipinski definition) is 2. The first kappa shape index (κ1) is 16.2. The van der Waals surface area contributed by atoms with E-state index in [1.807, 2.05) is 0 Å². The number of carbonyl (C=O) groups excluding carboxylic acids is 2. The van der Waals surface area contributed by atoms with Crippen LogP contribution in [0.2, 0.25) is 0 Å². The summed E-state index contributed by atoms with van der Waals surface area (Å²) in [6.45, 7) is 2.78. The maximum Gasteiger partial charge on any atom is 0.416 e. The van der Waals surface area contributed by atoms with Gasteiger partial charge in [0.25, 0.3) is 0 Å². The van der Waals surface area contributed by atoms with Crippen molar-refractivity contribution >= 4 is 17.4 Å². The Balaban J connectivity index is 3.26. The Hall–Kier alpha value is -1.89. The maximum atomic E-state index is 12.7. The normalized spacial score (nSPS) is 12.9. The number of carbonyl (C=O) groups is 2. The second-order valence-corrected chi connectivity index (χ2v) is 4.54. The van der Waals surface area contributed by atoms with Crippen molar-refractivity contribution in [3.63, 3.8) is 0 Å². The second kappa shape index (κ2) is 6.04. The van der Waals surface area contributed by atoms with Gasteiger partial charge in [-0.3, -0.25) is 9.59 Å². The quantitative estimate of drug-likeness (QED) is 0.836. The zero-order valence-corrected chi connectivity index (χ0v) is 11.0. The van der Waals surface area contributed by atoms with Crippen molar-refractivity contribution in [1.29, 1.82) is 0 Å². The number of hydrogen-bond acceptors (Lipinski definition) is 3. The Labute approximate surface area is 114 Å². The van der Waals surface area contributed by atoms with Gasteiger partial charge in [0.05, 0.1) is 11.3 Å². The first-order valence-corrected chi connectivity index (χ1v) is 5.89. The summed E-state index contributed by atoms with van der Waals surface area (Å²) >= 11 is 0. The van der Waals surface area contributed by atoms with Crippen molar-refractivity contribution in [1.82, 2.24) is 0 Å². The minimum atomic E-state index is -4.56. The Kier molecular flexibility index (Phi) is 4.88. The number of alkyl halides is 3. The van der Waals surface area contributed by atoms with E-state index in [0.717, 1.165) is 18.2 Å². The van der Waals surface area contributed by atoms with Crippen LogP contribution in [0.15, 0.2) is 18.2 Å². The number of nitrogens with two attached hydrogens (primary N) is 1. The Bertz CT molecular complexity index is 525. The monoisotopic (exact) mass is 288 g/mol. The number of amides is 1. The van der Waals surface area contributed by atoms with Crippen molar-refractivity contribution in [2.75, 3.05) is 5.32 Å². The van der Waals surface area contributed by atoms with Gasteiger partial charge in [0.2, 0.25) is 5.91 Å². The third-order valence-corrected chi connectivity index (χ3v) is 2.47. The fourth-order valence-corrected chi connectivity index (χ4v) is 1.65. The molecule has 0 heterocycles. The van der Waals surface area contributed by atoms with Crippen LogP contribution in [-0.4, -0.2) is 17.7 Å². The molecule has 0 aromatic heterocycles. The molecule has 0 radical (unpaired) electrons. The lowest BCUT2D eigenvalue weighted by molar-refractivity contribution is -0.137. The predicted octanol–water partition coefficient (Wildman–Crippen LogP) is 2.58. The fraction of sp³-hybridized carbons (Fsp3) is 0.385. The van der Waals surface area contributed by atoms with Gasteiger partial charge in [0, 0.05) is 24.9 Å². The first-order chi connectivity index (χ1) is 9.11. The molecular formula is C13H15F3N2O2. The number of ketones is 1. The highest BCUT2D eigenvalue weighted by Crippen LogP contribution is 2.32. The van der Waals surface area contributed by atoms with Crippen molar-refractivity contribution in [2.45, 2.75) is 32.5 Å². The average molecular weight is 288 g/mol. The van der Waals surface area contributed by atoms with Crippen LogP contribution in [0.5, 0.6) is 0 Å². The summed E-state index contributed by atoms with van der Waals surface area (Å²) in [5, 5.41) is 2.34. The molecule has 0 aliphatic heterocycles. The molecule has 110 valence electrons. The largest absolute Gasteiger partial charge is 0.416 e. The summed E-state index contributed by atoms with van der Waals surface area (Å²) < 4.78 is 38.0. The van der Waals surface area contributed by atoms with Crippen LogP contribution < -0.4 is 11.1 Å². The average Bonchev–Trinajstić information content (AvgIpc) is 2.25. The zero-order chi connectivity index (χ0) is 15.5. The molecule has 0 aliphatic rings. The first-order valence-electron chi connectivity index (χ1n) is 5.89. The van der Waals surface area contributed by atoms with Gasteiger partial charge in [-0.1, -0.05) is 0 Å². The Morgan fingerprint density at radius 1 is 1.35 bits per heavy atom. The van der Waals surface area contributed by atoms with Gasteiger partial charge in [-0.05, 0) is 25.1 Å². The summed E-state index contributed by atoms with van der Waals surface area (Å²) in [6.07, 6.45) is -4.66. The van der Waals surface area contributed by atoms with E-state index in [-0.39, 0.29) is 17.7 Å². The van der Waals surface area contributed by atoms with Crippen molar-refractivity contribution < 1.29 is 22.8 Å². The molecule has 1 aromatic carbocycles. The van der Waals surface area contributed by atoms with Crippen LogP contribution in [0.25, 0.3) is 0 Å². The molecule has 7 heteroatoms. The molecule has 0 aliphatic carbocycles. The number of rotatable bonds is 4. The van der Waals surface area contributed by atoms with Crippen molar-refractivity contribution in [3.8, 4) is 0 Å². The highest BCUT2D eigenvalue weighted by Gasteiger charge is 2.31. The Morgan fingerprint density at radius 2 is 1.95 bits per heavy atom. The van der Waals surface area contributed by atoms with Crippen LogP contribution in [0.1, 0.15) is 36.2 Å². The van der Waals surface area contributed by atoms with Gasteiger partial charge in [-0.2, -0.15) is 13.2 Å². The summed E-state index contributed by atoms with van der Waals surface area (Å²) in [6, 6.07) is 2.13. The molecule has 0 spiro atoms. The molecule has 1 rings (SSSR count). The van der Waals surface area contributed by atoms with Gasteiger partial charge in [0.1, 0.15) is 0 Å². The zero-order valence-electron chi connectivity index (χ0n) is 11.0. The Morgan fingerprint density at radius 3 is 2.40 bits per heavy atom. The topological polar surface area (TPSA) is 72.2 Å². The van der Waals surface area contributed by atoms with E-state index in [9.17, 15) is 22.8 Å². The highest BCUT2D eigenvalue weighted by molar-refractivity contribution is 6.04. The molecule has 1 atom stereocenters. The predicted molar refractivity (Wildman–Crippen MR) is 68.3 cm³/mol. The molecule has 1 aromatic rings. The van der Waals surface area contributed by atoms with Gasteiger partial charge in [-0.25, -0.2) is 0 Å². The fourth-order valence-electron chi connectivity index (χ4n) is 1.65. The molecule has 0 fully saturated rings. The molecule has 1 amide bonds. The number of Topliss-reactive ketones (excluding diaryl/α,β-unsaturated/α-hetero) is 1. The SMILES string of the molecule is CC(=O)Nc1ccc(C(F)(F)F)cc1C(=O)CC(C)N. The van der Waals surface area contributed by atoms with Crippen LogP contribution >= 0.6 is 0 Å². The third-order valence-electron chi connectivity index (χ3n) is 2.47. The molecule has 1 unspecified atom stereocenters. The van der Waals surface area contributed by atoms with Crippen LogP contribution in [-0.2, 0) is 11.0 Å². The minimum absolute atomic E-state index is 0.0520. The lowest BCUT2D eigenvalue weighted by Gasteiger charge is -2.14. The minimum Gasteiger partial charge on any atom is -0.328 e. The van der Waals surface area contributed by atoms with Gasteiger partial charge in [-0.15, -0.1) is 0 Å². The lowest BCUT2D eigenvalue weighted by Crippen LogP contribution is -2.21. The summed E-state index contributed by atoms with van der Waals surface area (Å²) in [4.78, 5) is 23.0. The summed E-state index contributed by atoms with van der Waals surface area (Å²) in [5.41, 5.74) is 4.39. The van der Waals surface area contributed by atoms with Crippen molar-refractivity contribution in [2.24, 2.45) is 5.73 Å². The molecule has 4 nitrogen and oxygen atoms in total. The smallest absolute Gasteiger partial charge is 0.328 e. The van der Waals surface area contributed by atoms with Gasteiger partial charge in [0.15, 0.2) is 5.78 Å². The maximum absolute atomic E-state index is 12.7. The number of halogens is 3. The van der Waals surface area contributed by atoms with Crippen LogP contribution in [0, 0.1) is 0 Å². The standard InChI is InChI=1S/C13H15F3N2O2/c1-7(17)5-12(20)10-6-9(13(14,15)16)3-4-11(10)18-8(2)19/h3-4,6-7H,5,17H2,1-2H3,(H,18,19).